The molecule has 4 rings (SSSR count). The van der Waals surface area contributed by atoms with Crippen molar-refractivity contribution >= 4 is 33.9 Å². The van der Waals surface area contributed by atoms with E-state index in [-0.39, 0.29) is 11.3 Å². The van der Waals surface area contributed by atoms with E-state index in [1.807, 2.05) is 13.8 Å². The van der Waals surface area contributed by atoms with E-state index in [0.717, 1.165) is 10.6 Å². The number of ketones is 1. The topological polar surface area (TPSA) is 98.2 Å². The standard InChI is InChI=1S/C25H24N2O6S/c1-13-14(2)34-25(26-13)27-20(17-7-6-8-18(32-4)23(17)33-5)19(22(29)24(27)30)21(28)15-9-11-16(31-3)12-10-15/h6-12,20,28H,1-5H3/b21-19+/t20-/m0/s1. The predicted molar refractivity (Wildman–Crippen MR) is 129 cm³/mol. The van der Waals surface area contributed by atoms with E-state index in [1.165, 1.54) is 37.6 Å². The maximum absolute atomic E-state index is 13.3. The van der Waals surface area contributed by atoms with Crippen LogP contribution in [0, 0.1) is 13.8 Å². The Hall–Kier alpha value is -3.85. The summed E-state index contributed by atoms with van der Waals surface area (Å²) in [5, 5.41) is 11.6. The fourth-order valence-corrected chi connectivity index (χ4v) is 4.85. The minimum absolute atomic E-state index is 0.0628. The van der Waals surface area contributed by atoms with Gasteiger partial charge in [-0.3, -0.25) is 14.5 Å². The Morgan fingerprint density at radius 1 is 1.00 bits per heavy atom. The van der Waals surface area contributed by atoms with Crippen LogP contribution in [0.4, 0.5) is 5.13 Å². The molecule has 1 N–H and O–H groups in total. The zero-order valence-electron chi connectivity index (χ0n) is 19.4. The number of benzene rings is 2. The lowest BCUT2D eigenvalue weighted by molar-refractivity contribution is -0.132. The van der Waals surface area contributed by atoms with Crippen LogP contribution in [-0.2, 0) is 9.59 Å². The number of carbonyl (C=O) groups excluding carboxylic acids is 2. The third-order valence-electron chi connectivity index (χ3n) is 5.76. The molecule has 2 heterocycles. The highest BCUT2D eigenvalue weighted by molar-refractivity contribution is 7.16. The Morgan fingerprint density at radius 2 is 1.71 bits per heavy atom. The molecule has 0 spiro atoms. The summed E-state index contributed by atoms with van der Waals surface area (Å²) < 4.78 is 16.2. The fourth-order valence-electron chi connectivity index (χ4n) is 3.91. The average Bonchev–Trinajstić information content (AvgIpc) is 3.32. The van der Waals surface area contributed by atoms with Crippen molar-refractivity contribution in [1.82, 2.24) is 4.98 Å². The second-order valence-electron chi connectivity index (χ2n) is 7.62. The molecular weight excluding hydrogens is 456 g/mol. The third-order valence-corrected chi connectivity index (χ3v) is 6.83. The quantitative estimate of drug-likeness (QED) is 0.317. The zero-order chi connectivity index (χ0) is 24.6. The summed E-state index contributed by atoms with van der Waals surface area (Å²) in [6.45, 7) is 3.73. The van der Waals surface area contributed by atoms with Crippen molar-refractivity contribution in [2.24, 2.45) is 0 Å². The highest BCUT2D eigenvalue weighted by Gasteiger charge is 2.49. The van der Waals surface area contributed by atoms with Gasteiger partial charge < -0.3 is 19.3 Å². The van der Waals surface area contributed by atoms with Gasteiger partial charge in [-0.15, -0.1) is 11.3 Å². The normalized spacial score (nSPS) is 17.2. The van der Waals surface area contributed by atoms with E-state index >= 15 is 0 Å². The van der Waals surface area contributed by atoms with Crippen molar-refractivity contribution in [3.63, 3.8) is 0 Å². The predicted octanol–water partition coefficient (Wildman–Crippen LogP) is 4.41. The van der Waals surface area contributed by atoms with Crippen LogP contribution in [0.15, 0.2) is 48.0 Å². The van der Waals surface area contributed by atoms with Gasteiger partial charge in [0, 0.05) is 16.0 Å². The second kappa shape index (κ2) is 9.18. The first kappa shape index (κ1) is 23.3. The lowest BCUT2D eigenvalue weighted by Gasteiger charge is -2.25. The minimum Gasteiger partial charge on any atom is -0.507 e. The number of amides is 1. The molecule has 1 saturated heterocycles. The van der Waals surface area contributed by atoms with Crippen molar-refractivity contribution in [2.45, 2.75) is 19.9 Å². The van der Waals surface area contributed by atoms with Crippen LogP contribution >= 0.6 is 11.3 Å². The minimum atomic E-state index is -0.975. The smallest absolute Gasteiger partial charge is 0.301 e. The molecule has 3 aromatic rings. The number of aliphatic hydroxyl groups is 1. The van der Waals surface area contributed by atoms with Crippen LogP contribution in [0.25, 0.3) is 5.76 Å². The van der Waals surface area contributed by atoms with E-state index in [9.17, 15) is 14.7 Å². The summed E-state index contributed by atoms with van der Waals surface area (Å²) >= 11 is 1.30. The molecule has 0 bridgehead atoms. The number of para-hydroxylation sites is 1. The molecular formula is C25H24N2O6S. The Labute approximate surface area is 201 Å². The maximum Gasteiger partial charge on any atom is 0.301 e. The fraction of sp³-hybridized carbons (Fsp3) is 0.240. The van der Waals surface area contributed by atoms with Crippen molar-refractivity contribution in [3.05, 3.63) is 69.7 Å². The summed E-state index contributed by atoms with van der Waals surface area (Å²) in [7, 11) is 4.52. The van der Waals surface area contributed by atoms with Gasteiger partial charge in [-0.25, -0.2) is 4.98 Å². The Balaban J connectivity index is 2.00. The summed E-state index contributed by atoms with van der Waals surface area (Å²) in [5.41, 5.74) is 1.56. The van der Waals surface area contributed by atoms with E-state index in [4.69, 9.17) is 14.2 Å². The molecule has 1 atom stereocenters. The van der Waals surface area contributed by atoms with E-state index in [1.54, 1.807) is 42.5 Å². The van der Waals surface area contributed by atoms with Crippen molar-refractivity contribution in [3.8, 4) is 17.2 Å². The van der Waals surface area contributed by atoms with E-state index in [0.29, 0.717) is 33.5 Å². The third kappa shape index (κ3) is 3.77. The Morgan fingerprint density at radius 3 is 2.26 bits per heavy atom. The van der Waals surface area contributed by atoms with Crippen LogP contribution in [0.5, 0.6) is 17.2 Å². The molecule has 34 heavy (non-hydrogen) atoms. The molecule has 176 valence electrons. The molecule has 0 saturated carbocycles. The second-order valence-corrected chi connectivity index (χ2v) is 8.80. The molecule has 0 aliphatic carbocycles. The lowest BCUT2D eigenvalue weighted by Crippen LogP contribution is -2.29. The number of hydrogen-bond acceptors (Lipinski definition) is 8. The van der Waals surface area contributed by atoms with E-state index < -0.39 is 17.7 Å². The van der Waals surface area contributed by atoms with Crippen LogP contribution in [0.1, 0.15) is 27.7 Å². The first-order chi connectivity index (χ1) is 16.3. The number of ether oxygens (including phenoxy) is 3. The molecule has 1 aliphatic heterocycles. The number of carbonyl (C=O) groups is 2. The molecule has 2 aromatic carbocycles. The molecule has 0 unspecified atom stereocenters. The van der Waals surface area contributed by atoms with Crippen LogP contribution in [-0.4, -0.2) is 43.1 Å². The number of Topliss-reactive ketones (excluding diaryl/α,β-unsaturated/α-hetero) is 1. The molecule has 1 fully saturated rings. The van der Waals surface area contributed by atoms with Gasteiger partial charge in [0.05, 0.1) is 32.6 Å². The average molecular weight is 481 g/mol. The SMILES string of the molecule is COc1ccc(/C(O)=C2\C(=O)C(=O)N(c3nc(C)c(C)s3)[C@H]2c2cccc(OC)c2OC)cc1. The molecule has 8 nitrogen and oxygen atoms in total. The van der Waals surface area contributed by atoms with Gasteiger partial charge in [-0.1, -0.05) is 12.1 Å². The van der Waals surface area contributed by atoms with Crippen LogP contribution in [0.2, 0.25) is 0 Å². The van der Waals surface area contributed by atoms with E-state index in [2.05, 4.69) is 4.98 Å². The van der Waals surface area contributed by atoms with Gasteiger partial charge in [-0.05, 0) is 44.2 Å². The first-order valence-electron chi connectivity index (χ1n) is 10.4. The number of rotatable bonds is 6. The van der Waals surface area contributed by atoms with Crippen molar-refractivity contribution in [2.75, 3.05) is 26.2 Å². The Kier molecular flexibility index (Phi) is 6.30. The first-order valence-corrected chi connectivity index (χ1v) is 11.2. The van der Waals surface area contributed by atoms with Crippen molar-refractivity contribution < 1.29 is 28.9 Å². The van der Waals surface area contributed by atoms with Gasteiger partial charge >= 0.3 is 5.91 Å². The van der Waals surface area contributed by atoms with Gasteiger partial charge in [0.1, 0.15) is 17.6 Å². The van der Waals surface area contributed by atoms with Gasteiger partial charge in [0.2, 0.25) is 0 Å². The number of thiazole rings is 1. The number of anilines is 1. The number of aliphatic hydroxyl groups excluding tert-OH is 1. The monoisotopic (exact) mass is 480 g/mol. The number of hydrogen-bond donors (Lipinski definition) is 1. The number of aryl methyl sites for hydroxylation is 2. The molecule has 1 amide bonds. The maximum atomic E-state index is 13.3. The van der Waals surface area contributed by atoms with Gasteiger partial charge in [-0.2, -0.15) is 0 Å². The van der Waals surface area contributed by atoms with Crippen molar-refractivity contribution in [1.29, 1.82) is 0 Å². The number of methoxy groups -OCH3 is 3. The number of aromatic nitrogens is 1. The molecule has 1 aliphatic rings. The van der Waals surface area contributed by atoms with Crippen LogP contribution in [0.3, 0.4) is 0 Å². The van der Waals surface area contributed by atoms with Gasteiger partial charge in [0.25, 0.3) is 5.78 Å². The molecule has 0 radical (unpaired) electrons. The molecule has 1 aromatic heterocycles. The highest BCUT2D eigenvalue weighted by Crippen LogP contribution is 2.48. The Bertz CT molecular complexity index is 1280. The summed E-state index contributed by atoms with van der Waals surface area (Å²) in [6, 6.07) is 10.8. The molecule has 9 heteroatoms. The highest BCUT2D eigenvalue weighted by atomic mass is 32.1. The number of nitrogens with zero attached hydrogens (tertiary/aromatic N) is 2. The summed E-state index contributed by atoms with van der Waals surface area (Å²) in [4.78, 5) is 33.4. The lowest BCUT2D eigenvalue weighted by atomic mass is 9.94. The van der Waals surface area contributed by atoms with Gasteiger partial charge in [0.15, 0.2) is 16.6 Å². The zero-order valence-corrected chi connectivity index (χ0v) is 20.2. The largest absolute Gasteiger partial charge is 0.507 e. The summed E-state index contributed by atoms with van der Waals surface area (Å²) in [6.07, 6.45) is 0. The van der Waals surface area contributed by atoms with Crippen LogP contribution < -0.4 is 19.1 Å². The summed E-state index contributed by atoms with van der Waals surface area (Å²) in [5.74, 6) is -0.512.